The van der Waals surface area contributed by atoms with Crippen LogP contribution in [0, 0.1) is 13.8 Å². The number of ether oxygens (including phenoxy) is 1. The van der Waals surface area contributed by atoms with Gasteiger partial charge in [-0.3, -0.25) is 4.79 Å². The van der Waals surface area contributed by atoms with Gasteiger partial charge in [0.15, 0.2) is 12.3 Å². The van der Waals surface area contributed by atoms with E-state index in [1.54, 1.807) is 21.8 Å². The summed E-state index contributed by atoms with van der Waals surface area (Å²) in [5.74, 6) is 0.671. The minimum atomic E-state index is -0.578. The van der Waals surface area contributed by atoms with E-state index in [0.29, 0.717) is 41.1 Å². The Kier molecular flexibility index (Phi) is 6.24. The highest BCUT2D eigenvalue weighted by molar-refractivity contribution is 6.04. The Bertz CT molecular complexity index is 1080. The molecule has 0 radical (unpaired) electrons. The third-order valence-corrected chi connectivity index (χ3v) is 5.04. The van der Waals surface area contributed by atoms with Gasteiger partial charge in [-0.25, -0.2) is 14.5 Å². The molecule has 0 spiro atoms. The maximum atomic E-state index is 12.9. The topological polar surface area (TPSA) is 90.5 Å². The SMILES string of the molecule is CCN(CC)C(=O)COC(=O)c1cc(-c2cc(C)oc2C)nc2c1cnn2C(C)C. The molecule has 8 heteroatoms. The number of hydrogen-bond donors (Lipinski definition) is 0. The fourth-order valence-corrected chi connectivity index (χ4v) is 3.46. The summed E-state index contributed by atoms with van der Waals surface area (Å²) in [7, 11) is 0. The van der Waals surface area contributed by atoms with Crippen LogP contribution in [0.2, 0.25) is 0 Å². The minimum Gasteiger partial charge on any atom is -0.466 e. The zero-order valence-corrected chi connectivity index (χ0v) is 18.4. The van der Waals surface area contributed by atoms with Crippen LogP contribution in [0.5, 0.6) is 0 Å². The van der Waals surface area contributed by atoms with Crippen LogP contribution < -0.4 is 0 Å². The molecule has 0 N–H and O–H groups in total. The standard InChI is InChI=1S/C22H28N4O4/c1-7-25(8-2)20(27)12-29-22(28)17-10-19(16-9-14(5)30-15(16)6)24-21-18(17)11-23-26(21)13(3)4/h9-11,13H,7-8,12H2,1-6H3. The van der Waals surface area contributed by atoms with Crippen molar-refractivity contribution in [2.24, 2.45) is 0 Å². The maximum absolute atomic E-state index is 12.9. The summed E-state index contributed by atoms with van der Waals surface area (Å²) in [6.07, 6.45) is 1.61. The summed E-state index contributed by atoms with van der Waals surface area (Å²) in [6, 6.07) is 3.62. The number of rotatable bonds is 7. The molecule has 0 unspecified atom stereocenters. The van der Waals surface area contributed by atoms with Gasteiger partial charge in [-0.2, -0.15) is 5.10 Å². The van der Waals surface area contributed by atoms with E-state index in [2.05, 4.69) is 5.10 Å². The number of carbonyl (C=O) groups excluding carboxylic acids is 2. The number of fused-ring (bicyclic) bond motifs is 1. The lowest BCUT2D eigenvalue weighted by atomic mass is 10.1. The van der Waals surface area contributed by atoms with Crippen molar-refractivity contribution in [3.8, 4) is 11.3 Å². The zero-order chi connectivity index (χ0) is 22.0. The lowest BCUT2D eigenvalue weighted by Crippen LogP contribution is -2.34. The summed E-state index contributed by atoms with van der Waals surface area (Å²) >= 11 is 0. The molecule has 160 valence electrons. The Morgan fingerprint density at radius 3 is 2.47 bits per heavy atom. The lowest BCUT2D eigenvalue weighted by molar-refractivity contribution is -0.134. The van der Waals surface area contributed by atoms with Crippen molar-refractivity contribution in [2.75, 3.05) is 19.7 Å². The molecule has 0 bridgehead atoms. The normalized spacial score (nSPS) is 11.3. The summed E-state index contributed by atoms with van der Waals surface area (Å²) in [5.41, 5.74) is 2.32. The van der Waals surface area contributed by atoms with Gasteiger partial charge in [0.25, 0.3) is 5.91 Å². The summed E-state index contributed by atoms with van der Waals surface area (Å²) in [4.78, 5) is 31.5. The van der Waals surface area contributed by atoms with Gasteiger partial charge in [0.2, 0.25) is 0 Å². The highest BCUT2D eigenvalue weighted by Crippen LogP contribution is 2.30. The second-order valence-corrected chi connectivity index (χ2v) is 7.44. The fourth-order valence-electron chi connectivity index (χ4n) is 3.46. The molecule has 0 aromatic carbocycles. The smallest absolute Gasteiger partial charge is 0.339 e. The van der Waals surface area contributed by atoms with Gasteiger partial charge in [-0.1, -0.05) is 0 Å². The van der Waals surface area contributed by atoms with Crippen molar-refractivity contribution in [1.29, 1.82) is 0 Å². The molecule has 3 aromatic heterocycles. The van der Waals surface area contributed by atoms with Gasteiger partial charge >= 0.3 is 5.97 Å². The largest absolute Gasteiger partial charge is 0.466 e. The molecule has 1 amide bonds. The van der Waals surface area contributed by atoms with Crippen LogP contribution in [0.25, 0.3) is 22.3 Å². The Hall–Kier alpha value is -3.16. The summed E-state index contributed by atoms with van der Waals surface area (Å²) in [5, 5.41) is 4.99. The van der Waals surface area contributed by atoms with E-state index in [1.807, 2.05) is 47.6 Å². The molecule has 30 heavy (non-hydrogen) atoms. The van der Waals surface area contributed by atoms with Crippen molar-refractivity contribution in [3.63, 3.8) is 0 Å². The van der Waals surface area contributed by atoms with E-state index in [9.17, 15) is 9.59 Å². The molecule has 3 heterocycles. The number of amides is 1. The Balaban J connectivity index is 2.03. The highest BCUT2D eigenvalue weighted by Gasteiger charge is 2.22. The molecule has 0 aliphatic carbocycles. The Labute approximate surface area is 175 Å². The number of aryl methyl sites for hydroxylation is 2. The van der Waals surface area contributed by atoms with Gasteiger partial charge in [0.05, 0.1) is 22.8 Å². The molecular formula is C22H28N4O4. The van der Waals surface area contributed by atoms with Gasteiger partial charge in [-0.05, 0) is 53.7 Å². The van der Waals surface area contributed by atoms with E-state index in [4.69, 9.17) is 14.1 Å². The summed E-state index contributed by atoms with van der Waals surface area (Å²) < 4.78 is 12.8. The highest BCUT2D eigenvalue weighted by atomic mass is 16.5. The van der Waals surface area contributed by atoms with Gasteiger partial charge in [0, 0.05) is 24.7 Å². The first-order valence-electron chi connectivity index (χ1n) is 10.2. The molecule has 0 aliphatic heterocycles. The van der Waals surface area contributed by atoms with E-state index in [-0.39, 0.29) is 18.6 Å². The molecular weight excluding hydrogens is 384 g/mol. The molecule has 0 fully saturated rings. The zero-order valence-electron chi connectivity index (χ0n) is 18.4. The molecule has 0 saturated heterocycles. The molecule has 3 aromatic rings. The number of nitrogens with zero attached hydrogens (tertiary/aromatic N) is 4. The number of likely N-dealkylation sites (N-methyl/N-ethyl adjacent to an activating group) is 1. The van der Waals surface area contributed by atoms with Crippen LogP contribution in [0.1, 0.15) is 55.6 Å². The minimum absolute atomic E-state index is 0.0607. The quantitative estimate of drug-likeness (QED) is 0.547. The van der Waals surface area contributed by atoms with Crippen LogP contribution in [-0.4, -0.2) is 51.2 Å². The summed E-state index contributed by atoms with van der Waals surface area (Å²) in [6.45, 7) is 12.3. The number of esters is 1. The first-order valence-corrected chi connectivity index (χ1v) is 10.2. The van der Waals surface area contributed by atoms with Crippen molar-refractivity contribution in [1.82, 2.24) is 19.7 Å². The maximum Gasteiger partial charge on any atom is 0.339 e. The molecule has 0 atom stereocenters. The Morgan fingerprint density at radius 1 is 1.20 bits per heavy atom. The second-order valence-electron chi connectivity index (χ2n) is 7.44. The van der Waals surface area contributed by atoms with E-state index in [1.165, 1.54) is 0 Å². The lowest BCUT2D eigenvalue weighted by Gasteiger charge is -2.18. The number of aromatic nitrogens is 3. The van der Waals surface area contributed by atoms with Crippen LogP contribution in [-0.2, 0) is 9.53 Å². The second kappa shape index (κ2) is 8.69. The van der Waals surface area contributed by atoms with Gasteiger partial charge < -0.3 is 14.1 Å². The molecule has 3 rings (SSSR count). The van der Waals surface area contributed by atoms with Crippen molar-refractivity contribution >= 4 is 22.9 Å². The third kappa shape index (κ3) is 4.08. The Morgan fingerprint density at radius 2 is 1.90 bits per heavy atom. The van der Waals surface area contributed by atoms with Crippen molar-refractivity contribution in [2.45, 2.75) is 47.6 Å². The molecule has 0 saturated carbocycles. The van der Waals surface area contributed by atoms with Crippen LogP contribution in [0.15, 0.2) is 22.7 Å². The predicted octanol–water partition coefficient (Wildman–Crippen LogP) is 3.91. The van der Waals surface area contributed by atoms with Crippen LogP contribution >= 0.6 is 0 Å². The first kappa shape index (κ1) is 21.5. The molecule has 0 aliphatic rings. The van der Waals surface area contributed by atoms with Gasteiger partial charge in [0.1, 0.15) is 11.5 Å². The van der Waals surface area contributed by atoms with E-state index < -0.39 is 5.97 Å². The van der Waals surface area contributed by atoms with Crippen molar-refractivity contribution in [3.05, 3.63) is 35.4 Å². The van der Waals surface area contributed by atoms with Crippen LogP contribution in [0.3, 0.4) is 0 Å². The fraction of sp³-hybridized carbons (Fsp3) is 0.455. The van der Waals surface area contributed by atoms with Crippen molar-refractivity contribution < 1.29 is 18.7 Å². The van der Waals surface area contributed by atoms with E-state index >= 15 is 0 Å². The first-order chi connectivity index (χ1) is 14.3. The predicted molar refractivity (Wildman–Crippen MR) is 113 cm³/mol. The number of carbonyl (C=O) groups is 2. The monoisotopic (exact) mass is 412 g/mol. The van der Waals surface area contributed by atoms with Gasteiger partial charge in [-0.15, -0.1) is 0 Å². The van der Waals surface area contributed by atoms with E-state index in [0.717, 1.165) is 11.3 Å². The number of pyridine rings is 1. The third-order valence-electron chi connectivity index (χ3n) is 5.04. The molecule has 8 nitrogen and oxygen atoms in total. The average molecular weight is 412 g/mol. The number of hydrogen-bond acceptors (Lipinski definition) is 6. The number of furan rings is 1. The average Bonchev–Trinajstić information content (AvgIpc) is 3.28. The van der Waals surface area contributed by atoms with Crippen LogP contribution in [0.4, 0.5) is 0 Å².